The molecule has 2 unspecified atom stereocenters. The lowest BCUT2D eigenvalue weighted by Crippen LogP contribution is -2.38. The smallest absolute Gasteiger partial charge is 0.151 e. The van der Waals surface area contributed by atoms with Crippen LogP contribution in [0.1, 0.15) is 20.3 Å². The minimum absolute atomic E-state index is 0.456. The Bertz CT molecular complexity index is 325. The molecule has 15 heavy (non-hydrogen) atoms. The van der Waals surface area contributed by atoms with E-state index >= 15 is 0 Å². The zero-order valence-electron chi connectivity index (χ0n) is 9.15. The molecule has 1 aliphatic rings. The third kappa shape index (κ3) is 2.40. The Morgan fingerprint density at radius 2 is 2.07 bits per heavy atom. The summed E-state index contributed by atoms with van der Waals surface area (Å²) in [5.41, 5.74) is 0. The van der Waals surface area contributed by atoms with Crippen molar-refractivity contribution < 1.29 is 0 Å². The highest BCUT2D eigenvalue weighted by atomic mass is 35.5. The number of rotatable bonds is 1. The summed E-state index contributed by atoms with van der Waals surface area (Å²) in [5.74, 6) is 2.47. The number of piperidine rings is 1. The number of hydrogen-bond donors (Lipinski definition) is 0. The first kappa shape index (κ1) is 10.7. The number of halogens is 1. The molecule has 2 heterocycles. The first-order valence-electron chi connectivity index (χ1n) is 5.41. The van der Waals surface area contributed by atoms with Crippen molar-refractivity contribution in [3.63, 3.8) is 0 Å². The maximum atomic E-state index is 5.71. The van der Waals surface area contributed by atoms with Gasteiger partial charge in [-0.1, -0.05) is 25.4 Å². The van der Waals surface area contributed by atoms with E-state index in [2.05, 4.69) is 28.9 Å². The molecule has 0 aliphatic carbocycles. The molecule has 2 atom stereocenters. The molecule has 0 saturated carbocycles. The molecular formula is C11H16ClN3. The van der Waals surface area contributed by atoms with Crippen LogP contribution < -0.4 is 4.90 Å². The number of aromatic nitrogens is 2. The van der Waals surface area contributed by atoms with E-state index in [1.54, 1.807) is 6.07 Å². The highest BCUT2D eigenvalue weighted by molar-refractivity contribution is 6.29. The summed E-state index contributed by atoms with van der Waals surface area (Å²) in [6.07, 6.45) is 1.23. The second-order valence-corrected chi connectivity index (χ2v) is 4.79. The Balaban J connectivity index is 2.08. The first-order valence-corrected chi connectivity index (χ1v) is 5.79. The lowest BCUT2D eigenvalue weighted by Gasteiger charge is -2.35. The summed E-state index contributed by atoms with van der Waals surface area (Å²) in [5, 5.41) is 8.43. The molecular weight excluding hydrogens is 210 g/mol. The second kappa shape index (κ2) is 4.35. The zero-order chi connectivity index (χ0) is 10.8. The summed E-state index contributed by atoms with van der Waals surface area (Å²) in [6, 6.07) is 3.74. The molecule has 1 aromatic rings. The van der Waals surface area contributed by atoms with Gasteiger partial charge in [0.05, 0.1) is 0 Å². The van der Waals surface area contributed by atoms with Gasteiger partial charge in [0.2, 0.25) is 0 Å². The average Bonchev–Trinajstić information content (AvgIpc) is 2.23. The van der Waals surface area contributed by atoms with Crippen molar-refractivity contribution in [1.29, 1.82) is 0 Å². The minimum Gasteiger partial charge on any atom is -0.355 e. The maximum absolute atomic E-state index is 5.71. The standard InChI is InChI=1S/C11H16ClN3/c1-8-5-6-15(7-9(8)2)11-4-3-10(12)13-14-11/h3-4,8-9H,5-7H2,1-2H3. The quantitative estimate of drug-likeness (QED) is 0.736. The van der Waals surface area contributed by atoms with Gasteiger partial charge in [-0.05, 0) is 30.4 Å². The van der Waals surface area contributed by atoms with Crippen LogP contribution in [0.2, 0.25) is 5.15 Å². The summed E-state index contributed by atoms with van der Waals surface area (Å²) in [7, 11) is 0. The van der Waals surface area contributed by atoms with Crippen LogP contribution in [0.5, 0.6) is 0 Å². The maximum Gasteiger partial charge on any atom is 0.151 e. The topological polar surface area (TPSA) is 29.0 Å². The van der Waals surface area contributed by atoms with Crippen molar-refractivity contribution in [3.8, 4) is 0 Å². The van der Waals surface area contributed by atoms with E-state index < -0.39 is 0 Å². The molecule has 0 amide bonds. The highest BCUT2D eigenvalue weighted by Crippen LogP contribution is 2.25. The molecule has 2 rings (SSSR count). The van der Waals surface area contributed by atoms with E-state index in [-0.39, 0.29) is 0 Å². The normalized spacial score (nSPS) is 26.7. The van der Waals surface area contributed by atoms with Gasteiger partial charge in [0, 0.05) is 13.1 Å². The van der Waals surface area contributed by atoms with Crippen molar-refractivity contribution in [1.82, 2.24) is 10.2 Å². The number of hydrogen-bond acceptors (Lipinski definition) is 3. The van der Waals surface area contributed by atoms with Gasteiger partial charge < -0.3 is 4.90 Å². The molecule has 0 spiro atoms. The zero-order valence-corrected chi connectivity index (χ0v) is 9.91. The fourth-order valence-electron chi connectivity index (χ4n) is 1.95. The largest absolute Gasteiger partial charge is 0.355 e. The van der Waals surface area contributed by atoms with E-state index in [1.807, 2.05) is 6.07 Å². The SMILES string of the molecule is CC1CCN(c2ccc(Cl)nn2)CC1C. The van der Waals surface area contributed by atoms with Gasteiger partial charge in [0.15, 0.2) is 11.0 Å². The van der Waals surface area contributed by atoms with Gasteiger partial charge >= 0.3 is 0 Å². The van der Waals surface area contributed by atoms with Crippen LogP contribution >= 0.6 is 11.6 Å². The molecule has 0 N–H and O–H groups in total. The number of nitrogens with zero attached hydrogens (tertiary/aromatic N) is 3. The van der Waals surface area contributed by atoms with E-state index in [0.717, 1.165) is 30.7 Å². The van der Waals surface area contributed by atoms with Crippen LogP contribution in [0, 0.1) is 11.8 Å². The van der Waals surface area contributed by atoms with Crippen LogP contribution in [-0.2, 0) is 0 Å². The van der Waals surface area contributed by atoms with E-state index in [1.165, 1.54) is 6.42 Å². The third-order valence-electron chi connectivity index (χ3n) is 3.28. The van der Waals surface area contributed by atoms with Gasteiger partial charge in [0.25, 0.3) is 0 Å². The molecule has 82 valence electrons. The molecule has 4 heteroatoms. The second-order valence-electron chi connectivity index (χ2n) is 4.40. The molecule has 1 fully saturated rings. The van der Waals surface area contributed by atoms with Crippen LogP contribution in [0.4, 0.5) is 5.82 Å². The Labute approximate surface area is 95.5 Å². The Morgan fingerprint density at radius 1 is 1.27 bits per heavy atom. The summed E-state index contributed by atoms with van der Waals surface area (Å²) in [4.78, 5) is 2.29. The van der Waals surface area contributed by atoms with Crippen molar-refractivity contribution in [2.45, 2.75) is 20.3 Å². The van der Waals surface area contributed by atoms with Gasteiger partial charge in [-0.15, -0.1) is 10.2 Å². The van der Waals surface area contributed by atoms with Crippen molar-refractivity contribution in [2.75, 3.05) is 18.0 Å². The lowest BCUT2D eigenvalue weighted by atomic mass is 9.89. The Morgan fingerprint density at radius 3 is 2.67 bits per heavy atom. The van der Waals surface area contributed by atoms with Crippen LogP contribution in [0.3, 0.4) is 0 Å². The predicted octanol–water partition coefficient (Wildman–Crippen LogP) is 2.61. The van der Waals surface area contributed by atoms with E-state index in [0.29, 0.717) is 5.15 Å². The summed E-state index contributed by atoms with van der Waals surface area (Å²) < 4.78 is 0. The molecule has 0 bridgehead atoms. The average molecular weight is 226 g/mol. The molecule has 3 nitrogen and oxygen atoms in total. The molecule has 1 aromatic heterocycles. The minimum atomic E-state index is 0.456. The van der Waals surface area contributed by atoms with Crippen molar-refractivity contribution in [3.05, 3.63) is 17.3 Å². The van der Waals surface area contributed by atoms with Crippen LogP contribution in [0.15, 0.2) is 12.1 Å². The number of anilines is 1. The van der Waals surface area contributed by atoms with Gasteiger partial charge in [-0.25, -0.2) is 0 Å². The third-order valence-corrected chi connectivity index (χ3v) is 3.48. The Kier molecular flexibility index (Phi) is 3.10. The molecule has 1 aliphatic heterocycles. The van der Waals surface area contributed by atoms with Gasteiger partial charge in [0.1, 0.15) is 0 Å². The van der Waals surface area contributed by atoms with Gasteiger partial charge in [-0.2, -0.15) is 0 Å². The lowest BCUT2D eigenvalue weighted by molar-refractivity contribution is 0.322. The molecule has 0 aromatic carbocycles. The first-order chi connectivity index (χ1) is 7.16. The fraction of sp³-hybridized carbons (Fsp3) is 0.636. The Hall–Kier alpha value is -0.830. The fourth-order valence-corrected chi connectivity index (χ4v) is 2.05. The highest BCUT2D eigenvalue weighted by Gasteiger charge is 2.23. The van der Waals surface area contributed by atoms with Crippen LogP contribution in [0.25, 0.3) is 0 Å². The van der Waals surface area contributed by atoms with E-state index in [4.69, 9.17) is 11.6 Å². The van der Waals surface area contributed by atoms with Crippen molar-refractivity contribution >= 4 is 17.4 Å². The molecule has 0 radical (unpaired) electrons. The van der Waals surface area contributed by atoms with Crippen LogP contribution in [-0.4, -0.2) is 23.3 Å². The van der Waals surface area contributed by atoms with Gasteiger partial charge in [-0.3, -0.25) is 0 Å². The summed E-state index contributed by atoms with van der Waals surface area (Å²) >= 11 is 5.71. The molecule has 1 saturated heterocycles. The monoisotopic (exact) mass is 225 g/mol. The summed E-state index contributed by atoms with van der Waals surface area (Å²) in [6.45, 7) is 6.75. The van der Waals surface area contributed by atoms with Crippen molar-refractivity contribution in [2.24, 2.45) is 11.8 Å². The predicted molar refractivity (Wildman–Crippen MR) is 62.2 cm³/mol. The van der Waals surface area contributed by atoms with E-state index in [9.17, 15) is 0 Å².